The monoisotopic (exact) mass is 316 g/mol. The van der Waals surface area contributed by atoms with Crippen molar-refractivity contribution in [3.05, 3.63) is 72.8 Å². The number of nitrogens with zero attached hydrogens (tertiary/aromatic N) is 5. The average molecular weight is 316 g/mol. The van der Waals surface area contributed by atoms with Crippen molar-refractivity contribution in [2.45, 2.75) is 13.0 Å². The van der Waals surface area contributed by atoms with Crippen molar-refractivity contribution in [1.29, 1.82) is 0 Å². The van der Waals surface area contributed by atoms with Gasteiger partial charge in [-0.3, -0.25) is 4.98 Å². The van der Waals surface area contributed by atoms with Crippen LogP contribution in [0.5, 0.6) is 0 Å². The van der Waals surface area contributed by atoms with Crippen molar-refractivity contribution in [1.82, 2.24) is 24.8 Å². The van der Waals surface area contributed by atoms with Gasteiger partial charge < -0.3 is 5.32 Å². The van der Waals surface area contributed by atoms with Gasteiger partial charge in [-0.2, -0.15) is 9.61 Å². The van der Waals surface area contributed by atoms with E-state index in [-0.39, 0.29) is 6.04 Å². The van der Waals surface area contributed by atoms with E-state index in [1.165, 1.54) is 0 Å². The molecule has 4 rings (SSSR count). The van der Waals surface area contributed by atoms with E-state index in [4.69, 9.17) is 0 Å². The summed E-state index contributed by atoms with van der Waals surface area (Å²) in [7, 11) is 0. The van der Waals surface area contributed by atoms with E-state index in [0.717, 1.165) is 22.5 Å². The van der Waals surface area contributed by atoms with Crippen LogP contribution in [0.4, 0.5) is 5.69 Å². The van der Waals surface area contributed by atoms with Crippen LogP contribution in [-0.2, 0) is 0 Å². The van der Waals surface area contributed by atoms with E-state index in [2.05, 4.69) is 32.5 Å². The molecule has 0 aliphatic carbocycles. The first kappa shape index (κ1) is 14.3. The van der Waals surface area contributed by atoms with E-state index in [1.807, 2.05) is 54.7 Å². The number of aromatic nitrogens is 5. The van der Waals surface area contributed by atoms with Crippen LogP contribution in [0, 0.1) is 0 Å². The molecule has 6 nitrogen and oxygen atoms in total. The first-order chi connectivity index (χ1) is 11.8. The molecule has 0 bridgehead atoms. The lowest BCUT2D eigenvalue weighted by Gasteiger charge is -2.16. The van der Waals surface area contributed by atoms with Crippen LogP contribution in [0.2, 0.25) is 0 Å². The van der Waals surface area contributed by atoms with Crippen LogP contribution >= 0.6 is 0 Å². The fourth-order valence-electron chi connectivity index (χ4n) is 2.63. The number of hydrogen-bond donors (Lipinski definition) is 1. The summed E-state index contributed by atoms with van der Waals surface area (Å²) >= 11 is 0. The standard InChI is InChI=1S/C18H16N6/c1-13(15-8-5-9-19-11-15)21-17-10-16(14-6-3-2-4-7-14)23-24-12-20-22-18(17)24/h2-13,21H,1H3. The Kier molecular flexibility index (Phi) is 3.63. The van der Waals surface area contributed by atoms with Crippen molar-refractivity contribution < 1.29 is 0 Å². The normalized spacial score (nSPS) is 12.2. The predicted molar refractivity (Wildman–Crippen MR) is 92.5 cm³/mol. The number of fused-ring (bicyclic) bond motifs is 1. The molecule has 0 saturated heterocycles. The second kappa shape index (κ2) is 6.08. The second-order valence-electron chi connectivity index (χ2n) is 5.56. The summed E-state index contributed by atoms with van der Waals surface area (Å²) in [6, 6.07) is 16.1. The van der Waals surface area contributed by atoms with E-state index in [0.29, 0.717) is 5.65 Å². The lowest BCUT2D eigenvalue weighted by Crippen LogP contribution is -2.09. The Labute approximate surface area is 139 Å². The van der Waals surface area contributed by atoms with Gasteiger partial charge >= 0.3 is 0 Å². The Morgan fingerprint density at radius 2 is 1.96 bits per heavy atom. The van der Waals surface area contributed by atoms with Crippen LogP contribution in [0.3, 0.4) is 0 Å². The molecule has 1 N–H and O–H groups in total. The fraction of sp³-hybridized carbons (Fsp3) is 0.111. The first-order valence-corrected chi connectivity index (χ1v) is 7.74. The van der Waals surface area contributed by atoms with Gasteiger partial charge in [-0.1, -0.05) is 36.4 Å². The summed E-state index contributed by atoms with van der Waals surface area (Å²) in [5.74, 6) is 0. The molecule has 3 aromatic heterocycles. The zero-order chi connectivity index (χ0) is 16.4. The van der Waals surface area contributed by atoms with E-state index >= 15 is 0 Å². The highest BCUT2D eigenvalue weighted by molar-refractivity contribution is 5.73. The van der Waals surface area contributed by atoms with Gasteiger partial charge in [-0.05, 0) is 24.6 Å². The summed E-state index contributed by atoms with van der Waals surface area (Å²) in [4.78, 5) is 4.18. The molecule has 0 spiro atoms. The maximum atomic E-state index is 4.59. The highest BCUT2D eigenvalue weighted by atomic mass is 15.3. The molecule has 1 unspecified atom stereocenters. The number of pyridine rings is 1. The Morgan fingerprint density at radius 1 is 1.08 bits per heavy atom. The molecule has 1 aromatic carbocycles. The van der Waals surface area contributed by atoms with E-state index < -0.39 is 0 Å². The maximum Gasteiger partial charge on any atom is 0.200 e. The van der Waals surface area contributed by atoms with Crippen molar-refractivity contribution in [3.8, 4) is 11.3 Å². The quantitative estimate of drug-likeness (QED) is 0.625. The largest absolute Gasteiger partial charge is 0.375 e. The molecule has 118 valence electrons. The van der Waals surface area contributed by atoms with Crippen LogP contribution in [0.25, 0.3) is 16.9 Å². The molecule has 0 amide bonds. The molecule has 0 saturated carbocycles. The number of rotatable bonds is 4. The van der Waals surface area contributed by atoms with Gasteiger partial charge in [-0.25, -0.2) is 0 Å². The average Bonchev–Trinajstić information content (AvgIpc) is 3.12. The van der Waals surface area contributed by atoms with Gasteiger partial charge in [0, 0.05) is 18.0 Å². The maximum absolute atomic E-state index is 4.59. The molecule has 4 aromatic rings. The lowest BCUT2D eigenvalue weighted by molar-refractivity contribution is 0.867. The lowest BCUT2D eigenvalue weighted by atomic mass is 10.1. The fourth-order valence-corrected chi connectivity index (χ4v) is 2.63. The highest BCUT2D eigenvalue weighted by Crippen LogP contribution is 2.26. The Hall–Kier alpha value is -3.28. The Morgan fingerprint density at radius 3 is 2.75 bits per heavy atom. The molecule has 0 aliphatic heterocycles. The molecule has 0 radical (unpaired) electrons. The van der Waals surface area contributed by atoms with Crippen LogP contribution in [-0.4, -0.2) is 24.8 Å². The number of anilines is 1. The summed E-state index contributed by atoms with van der Waals surface area (Å²) in [6.07, 6.45) is 5.24. The third-order valence-electron chi connectivity index (χ3n) is 3.89. The minimum Gasteiger partial charge on any atom is -0.375 e. The zero-order valence-electron chi connectivity index (χ0n) is 13.2. The van der Waals surface area contributed by atoms with Crippen molar-refractivity contribution in [2.75, 3.05) is 5.32 Å². The topological polar surface area (TPSA) is 68.0 Å². The van der Waals surface area contributed by atoms with Gasteiger partial charge in [0.2, 0.25) is 5.65 Å². The van der Waals surface area contributed by atoms with E-state index in [9.17, 15) is 0 Å². The van der Waals surface area contributed by atoms with Crippen LogP contribution < -0.4 is 5.32 Å². The third-order valence-corrected chi connectivity index (χ3v) is 3.89. The number of nitrogens with one attached hydrogen (secondary N) is 1. The highest BCUT2D eigenvalue weighted by Gasteiger charge is 2.12. The van der Waals surface area contributed by atoms with Crippen LogP contribution in [0.15, 0.2) is 67.3 Å². The summed E-state index contributed by atoms with van der Waals surface area (Å²) in [6.45, 7) is 2.09. The summed E-state index contributed by atoms with van der Waals surface area (Å²) in [5, 5.41) is 16.2. The van der Waals surface area contributed by atoms with Crippen LogP contribution in [0.1, 0.15) is 18.5 Å². The van der Waals surface area contributed by atoms with Gasteiger partial charge in [0.05, 0.1) is 17.4 Å². The first-order valence-electron chi connectivity index (χ1n) is 7.74. The number of benzene rings is 1. The van der Waals surface area contributed by atoms with Gasteiger partial charge in [0.15, 0.2) is 0 Å². The van der Waals surface area contributed by atoms with Crippen molar-refractivity contribution >= 4 is 11.3 Å². The Balaban J connectivity index is 1.75. The minimum atomic E-state index is 0.0882. The second-order valence-corrected chi connectivity index (χ2v) is 5.56. The molecule has 1 atom stereocenters. The van der Waals surface area contributed by atoms with Crippen molar-refractivity contribution in [3.63, 3.8) is 0 Å². The van der Waals surface area contributed by atoms with E-state index in [1.54, 1.807) is 17.0 Å². The predicted octanol–water partition coefficient (Wildman–Crippen LogP) is 3.36. The number of hydrogen-bond acceptors (Lipinski definition) is 5. The van der Waals surface area contributed by atoms with Gasteiger partial charge in [0.1, 0.15) is 6.33 Å². The molecule has 0 aliphatic rings. The molecular formula is C18H16N6. The Bertz CT molecular complexity index is 949. The summed E-state index contributed by atoms with van der Waals surface area (Å²) < 4.78 is 1.70. The molecule has 24 heavy (non-hydrogen) atoms. The smallest absolute Gasteiger partial charge is 0.200 e. The zero-order valence-corrected chi connectivity index (χ0v) is 13.2. The minimum absolute atomic E-state index is 0.0882. The van der Waals surface area contributed by atoms with Gasteiger partial charge in [-0.15, -0.1) is 10.2 Å². The molecular weight excluding hydrogens is 300 g/mol. The summed E-state index contributed by atoms with van der Waals surface area (Å²) in [5.41, 5.74) is 4.60. The molecule has 0 fully saturated rings. The molecule has 3 heterocycles. The third kappa shape index (κ3) is 2.69. The molecule has 6 heteroatoms. The van der Waals surface area contributed by atoms with Gasteiger partial charge in [0.25, 0.3) is 0 Å². The van der Waals surface area contributed by atoms with Crippen molar-refractivity contribution in [2.24, 2.45) is 0 Å². The SMILES string of the molecule is CC(Nc1cc(-c2ccccc2)nn2cnnc12)c1cccnc1.